The van der Waals surface area contributed by atoms with Gasteiger partial charge in [0.1, 0.15) is 12.4 Å². The quantitative estimate of drug-likeness (QED) is 0.739. The standard InChI is InChI=1S/C15H13BrN4O3/c1-22-9-12-3-4-13(23-12)15(21)19-11-2-5-14(17-7-11)20-8-10(16)6-18-20/h2-8H,9H2,1H3,(H,19,21). The van der Waals surface area contributed by atoms with E-state index in [9.17, 15) is 4.79 Å². The number of anilines is 1. The van der Waals surface area contributed by atoms with Gasteiger partial charge in [0.2, 0.25) is 0 Å². The van der Waals surface area contributed by atoms with Gasteiger partial charge in [-0.3, -0.25) is 4.79 Å². The lowest BCUT2D eigenvalue weighted by Crippen LogP contribution is -2.11. The van der Waals surface area contributed by atoms with Crippen molar-refractivity contribution in [3.8, 4) is 5.82 Å². The van der Waals surface area contributed by atoms with Crippen LogP contribution < -0.4 is 5.32 Å². The van der Waals surface area contributed by atoms with Crippen LogP contribution in [-0.4, -0.2) is 27.8 Å². The number of furan rings is 1. The number of ether oxygens (including phenoxy) is 1. The number of halogens is 1. The normalized spacial score (nSPS) is 10.7. The van der Waals surface area contributed by atoms with Crippen molar-refractivity contribution in [1.29, 1.82) is 0 Å². The topological polar surface area (TPSA) is 82.2 Å². The smallest absolute Gasteiger partial charge is 0.291 e. The number of hydrogen-bond acceptors (Lipinski definition) is 5. The van der Waals surface area contributed by atoms with E-state index in [-0.39, 0.29) is 11.7 Å². The van der Waals surface area contributed by atoms with Gasteiger partial charge < -0.3 is 14.5 Å². The van der Waals surface area contributed by atoms with Crippen molar-refractivity contribution in [3.05, 3.63) is 58.8 Å². The van der Waals surface area contributed by atoms with Gasteiger partial charge in [-0.25, -0.2) is 9.67 Å². The van der Waals surface area contributed by atoms with Crippen molar-refractivity contribution < 1.29 is 13.9 Å². The third kappa shape index (κ3) is 3.66. The summed E-state index contributed by atoms with van der Waals surface area (Å²) in [6.45, 7) is 0.322. The number of hydrogen-bond donors (Lipinski definition) is 1. The number of carbonyl (C=O) groups is 1. The van der Waals surface area contributed by atoms with Crippen molar-refractivity contribution in [2.75, 3.05) is 12.4 Å². The van der Waals surface area contributed by atoms with Crippen LogP contribution in [0.3, 0.4) is 0 Å². The van der Waals surface area contributed by atoms with Crippen LogP contribution in [0.1, 0.15) is 16.3 Å². The summed E-state index contributed by atoms with van der Waals surface area (Å²) in [5.74, 6) is 1.12. The molecule has 0 bridgehead atoms. The molecule has 0 fully saturated rings. The molecule has 23 heavy (non-hydrogen) atoms. The number of aromatic nitrogens is 3. The first-order valence-electron chi connectivity index (χ1n) is 6.71. The first-order valence-corrected chi connectivity index (χ1v) is 7.50. The second-order valence-corrected chi connectivity index (χ2v) is 5.58. The lowest BCUT2D eigenvalue weighted by atomic mass is 10.3. The summed E-state index contributed by atoms with van der Waals surface area (Å²) in [6, 6.07) is 6.81. The molecule has 8 heteroatoms. The number of rotatable bonds is 5. The third-order valence-electron chi connectivity index (χ3n) is 2.96. The molecule has 0 saturated heterocycles. The minimum atomic E-state index is -0.344. The van der Waals surface area contributed by atoms with E-state index < -0.39 is 0 Å². The summed E-state index contributed by atoms with van der Waals surface area (Å²) in [5.41, 5.74) is 0.565. The molecule has 0 aliphatic heterocycles. The maximum atomic E-state index is 12.1. The van der Waals surface area contributed by atoms with E-state index in [1.54, 1.807) is 54.6 Å². The maximum Gasteiger partial charge on any atom is 0.291 e. The van der Waals surface area contributed by atoms with Gasteiger partial charge >= 0.3 is 0 Å². The fraction of sp³-hybridized carbons (Fsp3) is 0.133. The van der Waals surface area contributed by atoms with E-state index in [1.807, 2.05) is 0 Å². The van der Waals surface area contributed by atoms with E-state index in [4.69, 9.17) is 9.15 Å². The zero-order valence-electron chi connectivity index (χ0n) is 12.2. The summed E-state index contributed by atoms with van der Waals surface area (Å²) < 4.78 is 12.8. The lowest BCUT2D eigenvalue weighted by Gasteiger charge is -2.04. The van der Waals surface area contributed by atoms with Gasteiger partial charge in [-0.2, -0.15) is 5.10 Å². The Labute approximate surface area is 140 Å². The minimum absolute atomic E-state index is 0.220. The fourth-order valence-corrected chi connectivity index (χ4v) is 2.22. The van der Waals surface area contributed by atoms with Crippen LogP contribution >= 0.6 is 15.9 Å². The Kier molecular flexibility index (Phi) is 4.54. The van der Waals surface area contributed by atoms with Crippen LogP contribution in [0.4, 0.5) is 5.69 Å². The molecule has 1 N–H and O–H groups in total. The highest BCUT2D eigenvalue weighted by molar-refractivity contribution is 9.10. The first-order chi connectivity index (χ1) is 11.2. The zero-order chi connectivity index (χ0) is 16.2. The summed E-state index contributed by atoms with van der Waals surface area (Å²) in [5, 5.41) is 6.86. The van der Waals surface area contributed by atoms with E-state index >= 15 is 0 Å². The molecule has 3 aromatic heterocycles. The highest BCUT2D eigenvalue weighted by Gasteiger charge is 2.12. The molecule has 0 radical (unpaired) electrons. The molecule has 0 spiro atoms. The highest BCUT2D eigenvalue weighted by Crippen LogP contribution is 2.15. The number of pyridine rings is 1. The summed E-state index contributed by atoms with van der Waals surface area (Å²) in [7, 11) is 1.56. The van der Waals surface area contributed by atoms with Gasteiger partial charge in [-0.15, -0.1) is 0 Å². The van der Waals surface area contributed by atoms with Gasteiger partial charge in [0, 0.05) is 13.3 Å². The second-order valence-electron chi connectivity index (χ2n) is 4.66. The number of nitrogens with zero attached hydrogens (tertiary/aromatic N) is 3. The molecule has 7 nitrogen and oxygen atoms in total. The largest absolute Gasteiger partial charge is 0.453 e. The van der Waals surface area contributed by atoms with Crippen molar-refractivity contribution >= 4 is 27.5 Å². The fourth-order valence-electron chi connectivity index (χ4n) is 1.93. The Morgan fingerprint density at radius 1 is 1.35 bits per heavy atom. The molecule has 0 aromatic carbocycles. The molecule has 3 heterocycles. The Bertz CT molecular complexity index is 810. The molecule has 0 unspecified atom stereocenters. The number of amides is 1. The van der Waals surface area contributed by atoms with Gasteiger partial charge in [0.25, 0.3) is 5.91 Å². The molecule has 0 saturated carbocycles. The molecule has 3 rings (SSSR count). The van der Waals surface area contributed by atoms with Crippen molar-refractivity contribution in [2.24, 2.45) is 0 Å². The molecule has 3 aromatic rings. The third-order valence-corrected chi connectivity index (χ3v) is 3.37. The average Bonchev–Trinajstić information content (AvgIpc) is 3.18. The van der Waals surface area contributed by atoms with Gasteiger partial charge in [0.05, 0.1) is 22.6 Å². The number of methoxy groups -OCH3 is 1. The van der Waals surface area contributed by atoms with Crippen LogP contribution in [0.2, 0.25) is 0 Å². The highest BCUT2D eigenvalue weighted by atomic mass is 79.9. The SMILES string of the molecule is COCc1ccc(C(=O)Nc2ccc(-n3cc(Br)cn3)nc2)o1. The maximum absolute atomic E-state index is 12.1. The number of carbonyl (C=O) groups excluding carboxylic acids is 1. The Balaban J connectivity index is 1.68. The molecular formula is C15H13BrN4O3. The Morgan fingerprint density at radius 2 is 2.22 bits per heavy atom. The first kappa shape index (κ1) is 15.4. The summed E-state index contributed by atoms with van der Waals surface area (Å²) >= 11 is 3.33. The van der Waals surface area contributed by atoms with E-state index in [0.29, 0.717) is 23.9 Å². The van der Waals surface area contributed by atoms with Crippen molar-refractivity contribution in [2.45, 2.75) is 6.61 Å². The zero-order valence-corrected chi connectivity index (χ0v) is 13.8. The van der Waals surface area contributed by atoms with Crippen molar-refractivity contribution in [3.63, 3.8) is 0 Å². The van der Waals surface area contributed by atoms with Crippen molar-refractivity contribution in [1.82, 2.24) is 14.8 Å². The van der Waals surface area contributed by atoms with Crippen LogP contribution in [0, 0.1) is 0 Å². The van der Waals surface area contributed by atoms with E-state index in [2.05, 4.69) is 31.3 Å². The Hall–Kier alpha value is -2.45. The number of nitrogens with one attached hydrogen (secondary N) is 1. The van der Waals surface area contributed by atoms with E-state index in [1.165, 1.54) is 0 Å². The predicted molar refractivity (Wildman–Crippen MR) is 86.4 cm³/mol. The predicted octanol–water partition coefficient (Wildman–Crippen LogP) is 3.02. The van der Waals surface area contributed by atoms with E-state index in [0.717, 1.165) is 4.47 Å². The molecular weight excluding hydrogens is 364 g/mol. The van der Waals surface area contributed by atoms with Crippen LogP contribution in [0.15, 0.2) is 51.7 Å². The summed E-state index contributed by atoms with van der Waals surface area (Å²) in [6.07, 6.45) is 5.02. The summed E-state index contributed by atoms with van der Waals surface area (Å²) in [4.78, 5) is 16.4. The molecule has 118 valence electrons. The van der Waals surface area contributed by atoms with Gasteiger partial charge in [0.15, 0.2) is 11.6 Å². The molecule has 1 amide bonds. The van der Waals surface area contributed by atoms with Gasteiger partial charge in [-0.1, -0.05) is 0 Å². The molecule has 0 aliphatic rings. The molecule has 0 atom stereocenters. The minimum Gasteiger partial charge on any atom is -0.453 e. The van der Waals surface area contributed by atoms with Gasteiger partial charge in [-0.05, 0) is 40.2 Å². The second kappa shape index (κ2) is 6.76. The van der Waals surface area contributed by atoms with Crippen LogP contribution in [0.5, 0.6) is 0 Å². The van der Waals surface area contributed by atoms with Crippen LogP contribution in [-0.2, 0) is 11.3 Å². The molecule has 0 aliphatic carbocycles. The van der Waals surface area contributed by atoms with Crippen LogP contribution in [0.25, 0.3) is 5.82 Å². The lowest BCUT2D eigenvalue weighted by molar-refractivity contribution is 0.0987. The Morgan fingerprint density at radius 3 is 2.87 bits per heavy atom. The monoisotopic (exact) mass is 376 g/mol. The average molecular weight is 377 g/mol.